The molecule has 2 N–H and O–H groups in total. The van der Waals surface area contributed by atoms with Crippen molar-refractivity contribution in [3.8, 4) is 0 Å². The fraction of sp³-hybridized carbons (Fsp3) is 0.409. The van der Waals surface area contributed by atoms with E-state index in [2.05, 4.69) is 61.9 Å². The summed E-state index contributed by atoms with van der Waals surface area (Å²) < 4.78 is 7.53. The minimum absolute atomic E-state index is 0. The van der Waals surface area contributed by atoms with Gasteiger partial charge in [0.2, 0.25) is 0 Å². The number of morpholine rings is 1. The Morgan fingerprint density at radius 1 is 1.10 bits per heavy atom. The highest BCUT2D eigenvalue weighted by Gasteiger charge is 2.23. The van der Waals surface area contributed by atoms with E-state index in [1.165, 1.54) is 11.1 Å². The van der Waals surface area contributed by atoms with Gasteiger partial charge in [0.15, 0.2) is 17.4 Å². The summed E-state index contributed by atoms with van der Waals surface area (Å²) in [6.45, 7) is 6.81. The summed E-state index contributed by atoms with van der Waals surface area (Å²) >= 11 is 0. The number of aromatic nitrogens is 3. The third-order valence-electron chi connectivity index (χ3n) is 5.43. The number of hydrogen-bond donors (Lipinski definition) is 2. The van der Waals surface area contributed by atoms with Crippen molar-refractivity contribution in [3.05, 3.63) is 65.6 Å². The van der Waals surface area contributed by atoms with Gasteiger partial charge in [-0.1, -0.05) is 35.9 Å². The predicted octanol–water partition coefficient (Wildman–Crippen LogP) is 2.39. The Balaban J connectivity index is 0.00000272. The lowest BCUT2D eigenvalue weighted by Crippen LogP contribution is -2.46. The lowest BCUT2D eigenvalue weighted by molar-refractivity contribution is 0.0170. The predicted molar refractivity (Wildman–Crippen MR) is 133 cm³/mol. The van der Waals surface area contributed by atoms with Crippen LogP contribution in [0.3, 0.4) is 0 Å². The lowest BCUT2D eigenvalue weighted by Gasteiger charge is -2.35. The van der Waals surface area contributed by atoms with E-state index in [-0.39, 0.29) is 30.0 Å². The number of guanidine groups is 1. The SMILES string of the molecule is CN=C(NCc1nnc2ccccn12)NCC(c1ccc(C)cc1)N1CCOCC1.I. The fourth-order valence-corrected chi connectivity index (χ4v) is 3.72. The van der Waals surface area contributed by atoms with Gasteiger partial charge >= 0.3 is 0 Å². The zero-order chi connectivity index (χ0) is 20.8. The number of fused-ring (bicyclic) bond motifs is 1. The Morgan fingerprint density at radius 2 is 1.87 bits per heavy atom. The summed E-state index contributed by atoms with van der Waals surface area (Å²) in [6, 6.07) is 14.9. The molecular weight excluding hydrogens is 505 g/mol. The van der Waals surface area contributed by atoms with Crippen LogP contribution in [-0.2, 0) is 11.3 Å². The zero-order valence-corrected chi connectivity index (χ0v) is 20.3. The Hall–Kier alpha value is -2.24. The lowest BCUT2D eigenvalue weighted by atomic mass is 10.0. The molecule has 0 aliphatic carbocycles. The molecule has 1 unspecified atom stereocenters. The number of benzene rings is 1. The topological polar surface area (TPSA) is 79.1 Å². The first kappa shape index (κ1) is 23.4. The maximum Gasteiger partial charge on any atom is 0.191 e. The molecule has 3 heterocycles. The summed E-state index contributed by atoms with van der Waals surface area (Å²) in [6.07, 6.45) is 1.97. The van der Waals surface area contributed by atoms with E-state index >= 15 is 0 Å². The summed E-state index contributed by atoms with van der Waals surface area (Å²) in [4.78, 5) is 6.86. The van der Waals surface area contributed by atoms with Gasteiger partial charge in [0.1, 0.15) is 0 Å². The van der Waals surface area contributed by atoms with Crippen LogP contribution < -0.4 is 10.6 Å². The van der Waals surface area contributed by atoms with E-state index in [0.717, 1.165) is 50.3 Å². The van der Waals surface area contributed by atoms with Gasteiger partial charge in [-0.15, -0.1) is 34.2 Å². The van der Waals surface area contributed by atoms with Crippen molar-refractivity contribution < 1.29 is 4.74 Å². The minimum atomic E-state index is 0. The molecule has 1 aliphatic heterocycles. The highest BCUT2D eigenvalue weighted by Crippen LogP contribution is 2.21. The molecule has 1 saturated heterocycles. The van der Waals surface area contributed by atoms with Gasteiger partial charge in [-0.25, -0.2) is 0 Å². The summed E-state index contributed by atoms with van der Waals surface area (Å²) in [7, 11) is 1.78. The second-order valence-electron chi connectivity index (χ2n) is 7.43. The number of rotatable bonds is 6. The first-order valence-corrected chi connectivity index (χ1v) is 10.4. The van der Waals surface area contributed by atoms with Crippen molar-refractivity contribution in [2.24, 2.45) is 4.99 Å². The van der Waals surface area contributed by atoms with Crippen LogP contribution in [0.1, 0.15) is 23.0 Å². The average molecular weight is 535 g/mol. The van der Waals surface area contributed by atoms with Gasteiger partial charge in [-0.3, -0.25) is 14.3 Å². The zero-order valence-electron chi connectivity index (χ0n) is 18.0. The number of aryl methyl sites for hydroxylation is 1. The molecule has 0 spiro atoms. The summed E-state index contributed by atoms with van der Waals surface area (Å²) in [5.74, 6) is 1.59. The summed E-state index contributed by atoms with van der Waals surface area (Å²) in [5.41, 5.74) is 3.41. The molecule has 3 aromatic rings. The third-order valence-corrected chi connectivity index (χ3v) is 5.43. The molecule has 31 heavy (non-hydrogen) atoms. The van der Waals surface area contributed by atoms with Crippen molar-refractivity contribution in [1.82, 2.24) is 30.1 Å². The maximum absolute atomic E-state index is 5.55. The molecule has 4 rings (SSSR count). The van der Waals surface area contributed by atoms with Crippen molar-refractivity contribution in [2.75, 3.05) is 39.9 Å². The number of pyridine rings is 1. The van der Waals surface area contributed by atoms with Crippen LogP contribution in [-0.4, -0.2) is 65.4 Å². The largest absolute Gasteiger partial charge is 0.379 e. The molecule has 0 bridgehead atoms. The van der Waals surface area contributed by atoms with Crippen molar-refractivity contribution >= 4 is 35.6 Å². The van der Waals surface area contributed by atoms with Crippen molar-refractivity contribution in [1.29, 1.82) is 0 Å². The molecule has 1 fully saturated rings. The monoisotopic (exact) mass is 535 g/mol. The average Bonchev–Trinajstić information content (AvgIpc) is 3.21. The van der Waals surface area contributed by atoms with Crippen LogP contribution in [0, 0.1) is 6.92 Å². The van der Waals surface area contributed by atoms with Crippen LogP contribution in [0.15, 0.2) is 53.7 Å². The molecule has 2 aromatic heterocycles. The van der Waals surface area contributed by atoms with Gasteiger partial charge in [0, 0.05) is 32.9 Å². The normalized spacial score (nSPS) is 16.0. The highest BCUT2D eigenvalue weighted by atomic mass is 127. The molecule has 0 amide bonds. The molecule has 1 aromatic carbocycles. The second-order valence-corrected chi connectivity index (χ2v) is 7.43. The van der Waals surface area contributed by atoms with Gasteiger partial charge in [0.25, 0.3) is 0 Å². The number of aliphatic imine (C=N–C) groups is 1. The molecule has 8 nitrogen and oxygen atoms in total. The molecule has 9 heteroatoms. The molecule has 1 aliphatic rings. The first-order chi connectivity index (χ1) is 14.7. The van der Waals surface area contributed by atoms with E-state index in [0.29, 0.717) is 6.54 Å². The maximum atomic E-state index is 5.55. The highest BCUT2D eigenvalue weighted by molar-refractivity contribution is 14.0. The third kappa shape index (κ3) is 5.92. The Morgan fingerprint density at radius 3 is 2.61 bits per heavy atom. The van der Waals surface area contributed by atoms with E-state index in [1.807, 2.05) is 28.8 Å². The van der Waals surface area contributed by atoms with Crippen LogP contribution >= 0.6 is 24.0 Å². The molecule has 166 valence electrons. The molecule has 0 radical (unpaired) electrons. The number of hydrogen-bond acceptors (Lipinski definition) is 5. The van der Waals surface area contributed by atoms with Crippen LogP contribution in [0.4, 0.5) is 0 Å². The standard InChI is InChI=1S/C22H29N7O.HI/c1-17-6-8-18(9-7-17)19(28-11-13-30-14-12-28)15-24-22(23-2)25-16-21-27-26-20-5-3-4-10-29(20)21;/h3-10,19H,11-16H2,1-2H3,(H2,23,24,25);1H. The van der Waals surface area contributed by atoms with Gasteiger partial charge < -0.3 is 15.4 Å². The Kier molecular flexibility index (Phi) is 8.61. The molecular formula is C22H30IN7O. The first-order valence-electron chi connectivity index (χ1n) is 10.4. The number of nitrogens with zero attached hydrogens (tertiary/aromatic N) is 5. The van der Waals surface area contributed by atoms with Crippen LogP contribution in [0.2, 0.25) is 0 Å². The van der Waals surface area contributed by atoms with Crippen molar-refractivity contribution in [2.45, 2.75) is 19.5 Å². The quantitative estimate of drug-likeness (QED) is 0.287. The summed E-state index contributed by atoms with van der Waals surface area (Å²) in [5, 5.41) is 15.3. The van der Waals surface area contributed by atoms with E-state index < -0.39 is 0 Å². The molecule has 0 saturated carbocycles. The smallest absolute Gasteiger partial charge is 0.191 e. The van der Waals surface area contributed by atoms with Gasteiger partial charge in [-0.05, 0) is 24.6 Å². The second kappa shape index (κ2) is 11.4. The van der Waals surface area contributed by atoms with Gasteiger partial charge in [-0.2, -0.15) is 0 Å². The Bertz CT molecular complexity index is 983. The van der Waals surface area contributed by atoms with E-state index in [4.69, 9.17) is 4.74 Å². The van der Waals surface area contributed by atoms with Crippen LogP contribution in [0.25, 0.3) is 5.65 Å². The van der Waals surface area contributed by atoms with E-state index in [9.17, 15) is 0 Å². The van der Waals surface area contributed by atoms with Crippen LogP contribution in [0.5, 0.6) is 0 Å². The number of halogens is 1. The molecule has 1 atom stereocenters. The van der Waals surface area contributed by atoms with Crippen molar-refractivity contribution in [3.63, 3.8) is 0 Å². The number of ether oxygens (including phenoxy) is 1. The van der Waals surface area contributed by atoms with E-state index in [1.54, 1.807) is 7.05 Å². The van der Waals surface area contributed by atoms with Gasteiger partial charge in [0.05, 0.1) is 25.8 Å². The fourth-order valence-electron chi connectivity index (χ4n) is 3.72. The minimum Gasteiger partial charge on any atom is -0.379 e. The number of nitrogens with one attached hydrogen (secondary N) is 2. The Labute approximate surface area is 200 Å².